The van der Waals surface area contributed by atoms with E-state index in [4.69, 9.17) is 12.6 Å². The summed E-state index contributed by atoms with van der Waals surface area (Å²) in [5.74, 6) is -1.45. The Balaban J connectivity index is 0.00000865. The van der Waals surface area contributed by atoms with Gasteiger partial charge in [0.25, 0.3) is 0 Å². The predicted molar refractivity (Wildman–Crippen MR) is 266 cm³/mol. The molecule has 0 unspecified atom stereocenters. The molecule has 4 heterocycles. The fourth-order valence-electron chi connectivity index (χ4n) is 7.44. The van der Waals surface area contributed by atoms with Crippen molar-refractivity contribution in [3.8, 4) is 51.0 Å². The Hall–Kier alpha value is -7.29. The third kappa shape index (κ3) is 9.96. The quantitative estimate of drug-likeness (QED) is 0.101. The number of hydrogen-bond acceptors (Lipinski definition) is 5. The van der Waals surface area contributed by atoms with Gasteiger partial charge in [0.2, 0.25) is 0 Å². The summed E-state index contributed by atoms with van der Waals surface area (Å²) in [4.78, 5) is 13.3. The second-order valence-electron chi connectivity index (χ2n) is 15.3. The second-order valence-corrected chi connectivity index (χ2v) is 15.3. The molecule has 5 nitrogen and oxygen atoms in total. The van der Waals surface area contributed by atoms with Crippen LogP contribution in [0.5, 0.6) is 0 Å². The van der Waals surface area contributed by atoms with Gasteiger partial charge in [0.05, 0.1) is 18.0 Å². The van der Waals surface area contributed by atoms with Crippen LogP contribution in [-0.4, -0.2) is 15.0 Å². The molecule has 0 bridgehead atoms. The van der Waals surface area contributed by atoms with Crippen molar-refractivity contribution >= 4 is 21.9 Å². The molecule has 10 aromatic rings. The second kappa shape index (κ2) is 20.5. The molecule has 0 atom stereocenters. The van der Waals surface area contributed by atoms with Crippen LogP contribution in [0.15, 0.2) is 175 Å². The van der Waals surface area contributed by atoms with E-state index >= 15 is 0 Å². The van der Waals surface area contributed by atoms with Gasteiger partial charge in [-0.2, -0.15) is 5.26 Å². The summed E-state index contributed by atoms with van der Waals surface area (Å²) in [6.07, 6.45) is -15.3. The third-order valence-electron chi connectivity index (χ3n) is 10.6. The number of aryl methyl sites for hydroxylation is 6. The summed E-state index contributed by atoms with van der Waals surface area (Å²) >= 11 is 0. The number of fused-ring (bicyclic) bond motifs is 3. The molecule has 0 aliphatic heterocycles. The van der Waals surface area contributed by atoms with Crippen molar-refractivity contribution in [1.82, 2.24) is 15.0 Å². The summed E-state index contributed by atoms with van der Waals surface area (Å²) < 4.78 is 171. The van der Waals surface area contributed by atoms with Crippen molar-refractivity contribution in [2.75, 3.05) is 0 Å². The van der Waals surface area contributed by atoms with E-state index in [1.54, 1.807) is 60.7 Å². The van der Waals surface area contributed by atoms with E-state index in [0.29, 0.717) is 33.3 Å². The number of hydrogen-bond donors (Lipinski definition) is 0. The Morgan fingerprint density at radius 1 is 0.597 bits per heavy atom. The Kier molecular flexibility index (Phi) is 8.56. The number of benzene rings is 6. The van der Waals surface area contributed by atoms with Crippen LogP contribution in [0.25, 0.3) is 66.8 Å². The molecular weight excluding hydrogens is 997 g/mol. The van der Waals surface area contributed by atoms with E-state index in [9.17, 15) is 21.7 Å². The topological polar surface area (TPSA) is 75.6 Å². The van der Waals surface area contributed by atoms with Gasteiger partial charge >= 0.3 is 20.1 Å². The molecule has 0 amide bonds. The molecule has 0 spiro atoms. The van der Waals surface area contributed by atoms with Gasteiger partial charge in [-0.1, -0.05) is 110 Å². The summed E-state index contributed by atoms with van der Waals surface area (Å²) in [5.41, 5.74) is -0.955. The molecule has 0 saturated carbocycles. The zero-order chi connectivity index (χ0) is 60.9. The van der Waals surface area contributed by atoms with Crippen molar-refractivity contribution in [1.29, 1.82) is 5.26 Å². The largest absolute Gasteiger partial charge is 3.00 e. The first-order valence-electron chi connectivity index (χ1n) is 29.8. The average Bonchev–Trinajstić information content (AvgIpc) is 1.80. The SMILES string of the molecule is [2H]c1c([2H])c([2H])c(-c2c(C#N)c(C([2H])(C)C)cc3c2oc2c(-c4ccc(C([2H])([2H])C([2H])([2H])c5cc(C([2H])([2H])C([2H])([2H])c6ccc(-c7[c-]cccc7)nc6)cc(C([2H])([2H])C([2H])([2H])c6ccc(-c7[c-]cccc7)nc6)c5)cn4)[c-]ccc23)c([2H])c1[2H].[Ir+3]. The molecule has 0 radical (unpaired) electrons. The maximum atomic E-state index is 10.6. The summed E-state index contributed by atoms with van der Waals surface area (Å²) in [5, 5.41) is 11.4. The number of furan rings is 1. The number of nitriles is 1. The van der Waals surface area contributed by atoms with Crippen molar-refractivity contribution in [3.63, 3.8) is 0 Å². The summed E-state index contributed by atoms with van der Waals surface area (Å²) in [7, 11) is 0. The molecule has 6 aromatic carbocycles. The van der Waals surface area contributed by atoms with Gasteiger partial charge in [0.1, 0.15) is 11.7 Å². The van der Waals surface area contributed by atoms with Gasteiger partial charge in [-0.25, -0.2) is 0 Å². The Morgan fingerprint density at radius 3 is 1.58 bits per heavy atom. The first-order valence-corrected chi connectivity index (χ1v) is 20.8. The molecule has 67 heavy (non-hydrogen) atoms. The van der Waals surface area contributed by atoms with Crippen molar-refractivity contribution < 1.29 is 49.2 Å². The molecule has 10 rings (SSSR count). The van der Waals surface area contributed by atoms with E-state index in [-0.39, 0.29) is 81.5 Å². The molecule has 6 heteroatoms. The molecule has 0 aliphatic rings. The molecule has 0 fully saturated rings. The minimum Gasteiger partial charge on any atom is -0.500 e. The molecular formula is C61H47IrN4O. The van der Waals surface area contributed by atoms with Gasteiger partial charge in [-0.15, -0.1) is 90.0 Å². The number of aromatic nitrogens is 3. The molecule has 4 aromatic heterocycles. The predicted octanol–water partition coefficient (Wildman–Crippen LogP) is 14.2. The summed E-state index contributed by atoms with van der Waals surface area (Å²) in [6, 6.07) is 37.5. The van der Waals surface area contributed by atoms with E-state index in [0.717, 1.165) is 36.8 Å². The van der Waals surface area contributed by atoms with Gasteiger partial charge in [-0.05, 0) is 112 Å². The van der Waals surface area contributed by atoms with Crippen LogP contribution in [-0.2, 0) is 58.3 Å². The smallest absolute Gasteiger partial charge is 0.500 e. The molecule has 0 saturated heterocycles. The Bertz CT molecular complexity index is 4090. The fourth-order valence-corrected chi connectivity index (χ4v) is 7.44. The Labute approximate surface area is 431 Å². The first-order chi connectivity index (χ1) is 39.4. The summed E-state index contributed by atoms with van der Waals surface area (Å²) in [6.45, 7) is 3.07. The van der Waals surface area contributed by atoms with Gasteiger partial charge < -0.3 is 19.4 Å². The zero-order valence-electron chi connectivity index (χ0n) is 53.8. The first kappa shape index (κ1) is 28.0. The van der Waals surface area contributed by atoms with Gasteiger partial charge in [0.15, 0.2) is 0 Å². The van der Waals surface area contributed by atoms with E-state index in [1.807, 2.05) is 0 Å². The van der Waals surface area contributed by atoms with Crippen LogP contribution >= 0.6 is 0 Å². The van der Waals surface area contributed by atoms with Gasteiger partial charge in [-0.3, -0.25) is 0 Å². The van der Waals surface area contributed by atoms with Crippen molar-refractivity contribution in [2.45, 2.75) is 58.0 Å². The number of nitrogens with zero attached hydrogens (tertiary/aromatic N) is 4. The maximum Gasteiger partial charge on any atom is 3.00 e. The fraction of sp³-hybridized carbons (Fsp3) is 0.148. The standard InChI is InChI=1S/C61H47N4O.Ir/c1-41(2)53-36-54-51-19-12-20-52(60(51)66-61(54)59(55(53)37-62)50-17-10-5-11-18-50)58-32-29-44(40-65-58)23-26-47-34-45(24-21-42-27-30-56(63-38-42)48-13-6-3-7-14-48)33-46(35-47)25-22-43-28-31-57(64-39-43)49-15-8-4-9-16-49;/h3-13,15,17-19,27-36,38-41H,21-26H2,1-2H3;/q-3;+3/i5D,10D,11D,17D,18D,21D2,22D2,23D2,24D2,25D2,26D2,41D;. The van der Waals surface area contributed by atoms with Crippen molar-refractivity contribution in [2.24, 2.45) is 0 Å². The average molecular weight is 1060 g/mol. The van der Waals surface area contributed by atoms with Crippen LogP contribution in [0.2, 0.25) is 0 Å². The monoisotopic (exact) mass is 1060 g/mol. The van der Waals surface area contributed by atoms with Crippen LogP contribution in [0.1, 0.15) is 88.9 Å². The van der Waals surface area contributed by atoms with Gasteiger partial charge in [0, 0.05) is 47.4 Å². The molecule has 0 N–H and O–H groups in total. The van der Waals surface area contributed by atoms with E-state index in [2.05, 4.69) is 39.2 Å². The van der Waals surface area contributed by atoms with E-state index < -0.39 is 91.0 Å². The number of pyridine rings is 3. The molecule has 326 valence electrons. The zero-order valence-corrected chi connectivity index (χ0v) is 38.2. The van der Waals surface area contributed by atoms with Crippen molar-refractivity contribution in [3.05, 3.63) is 233 Å². The molecule has 0 aliphatic carbocycles. The number of rotatable bonds is 14. The van der Waals surface area contributed by atoms with E-state index in [1.165, 1.54) is 56.3 Å². The minimum atomic E-state index is -3.25. The maximum absolute atomic E-state index is 10.6. The van der Waals surface area contributed by atoms with Crippen LogP contribution in [0.4, 0.5) is 0 Å². The van der Waals surface area contributed by atoms with Crippen LogP contribution in [0.3, 0.4) is 0 Å². The van der Waals surface area contributed by atoms with Crippen LogP contribution < -0.4 is 0 Å². The minimum absolute atomic E-state index is 0. The normalized spacial score (nSPS) is 16.6. The third-order valence-corrected chi connectivity index (χ3v) is 10.6. The Morgan fingerprint density at radius 2 is 1.12 bits per heavy atom. The van der Waals surface area contributed by atoms with Crippen LogP contribution in [0, 0.1) is 29.5 Å².